The highest BCUT2D eigenvalue weighted by molar-refractivity contribution is 6.08. The molecule has 9 heteroatoms. The molecule has 0 fully saturated rings. The molecule has 0 radical (unpaired) electrons. The van der Waals surface area contributed by atoms with Gasteiger partial charge in [-0.15, -0.1) is 0 Å². The van der Waals surface area contributed by atoms with Crippen molar-refractivity contribution in [3.05, 3.63) is 41.2 Å². The Bertz CT molecular complexity index is 818. The lowest BCUT2D eigenvalue weighted by atomic mass is 9.96. The minimum absolute atomic E-state index is 0.00846. The number of carbonyl (C=O) groups excluding carboxylic acids is 3. The van der Waals surface area contributed by atoms with Gasteiger partial charge in [-0.05, 0) is 70.2 Å². The van der Waals surface area contributed by atoms with Crippen LogP contribution in [0.25, 0.3) is 6.08 Å². The molecule has 0 saturated carbocycles. The van der Waals surface area contributed by atoms with Crippen LogP contribution >= 0.6 is 0 Å². The summed E-state index contributed by atoms with van der Waals surface area (Å²) >= 11 is 0. The van der Waals surface area contributed by atoms with Crippen molar-refractivity contribution in [3.8, 4) is 0 Å². The zero-order valence-electron chi connectivity index (χ0n) is 20.3. The molecule has 0 aliphatic carbocycles. The van der Waals surface area contributed by atoms with Crippen LogP contribution in [-0.2, 0) is 33.3 Å². The third-order valence-corrected chi connectivity index (χ3v) is 4.85. The van der Waals surface area contributed by atoms with Crippen LogP contribution in [0.2, 0.25) is 0 Å². The maximum Gasteiger partial charge on any atom is 0.353 e. The smallest absolute Gasteiger partial charge is 0.353 e. The van der Waals surface area contributed by atoms with Gasteiger partial charge in [-0.25, -0.2) is 18.8 Å². The van der Waals surface area contributed by atoms with Crippen molar-refractivity contribution in [2.75, 3.05) is 26.4 Å². The first kappa shape index (κ1) is 29.3. The lowest BCUT2D eigenvalue weighted by Crippen LogP contribution is -2.61. The van der Waals surface area contributed by atoms with Crippen LogP contribution in [0.4, 0.5) is 4.39 Å². The van der Waals surface area contributed by atoms with E-state index in [9.17, 15) is 23.9 Å². The maximum absolute atomic E-state index is 13.3. The van der Waals surface area contributed by atoms with Gasteiger partial charge in [0.15, 0.2) is 0 Å². The molecule has 1 unspecified atom stereocenters. The highest BCUT2D eigenvalue weighted by Gasteiger charge is 2.58. The van der Waals surface area contributed by atoms with Crippen LogP contribution < -0.4 is 0 Å². The summed E-state index contributed by atoms with van der Waals surface area (Å²) in [4.78, 5) is 37.2. The van der Waals surface area contributed by atoms with Crippen LogP contribution in [-0.4, -0.2) is 61.1 Å². The molecular formula is C25H35FO8. The molecule has 1 aromatic carbocycles. The van der Waals surface area contributed by atoms with Gasteiger partial charge in [-0.2, -0.15) is 0 Å². The number of allylic oxidation sites excluding steroid dienone is 1. The lowest BCUT2D eigenvalue weighted by molar-refractivity contribution is -0.208. The van der Waals surface area contributed by atoms with E-state index in [1.165, 1.54) is 19.9 Å². The summed E-state index contributed by atoms with van der Waals surface area (Å²) in [7, 11) is 0. The van der Waals surface area contributed by atoms with Gasteiger partial charge < -0.3 is 24.1 Å². The SMILES string of the molecule is CCOC(=O)C(OCCCCC/C=C\c1ccc(F)c(C)c1)C(O)(C(=O)OCC)C(=O)OCC. The van der Waals surface area contributed by atoms with E-state index in [-0.39, 0.29) is 32.2 Å². The highest BCUT2D eigenvalue weighted by Crippen LogP contribution is 2.22. The van der Waals surface area contributed by atoms with Crippen LogP contribution in [0.1, 0.15) is 57.6 Å². The standard InChI is InChI=1S/C25H35FO8/c1-5-31-22(27)21(25(30,23(28)32-6-2)24(29)33-7-3)34-16-12-10-8-9-11-13-19-14-15-20(26)18(4)17-19/h11,13-15,17,21,30H,5-10,12,16H2,1-4H3/b13-11-. The monoisotopic (exact) mass is 482 g/mol. The highest BCUT2D eigenvalue weighted by atomic mass is 19.1. The Kier molecular flexibility index (Phi) is 13.1. The molecule has 0 aliphatic rings. The van der Waals surface area contributed by atoms with Crippen molar-refractivity contribution in [3.63, 3.8) is 0 Å². The van der Waals surface area contributed by atoms with Crippen LogP contribution in [0.5, 0.6) is 0 Å². The van der Waals surface area contributed by atoms with E-state index in [0.717, 1.165) is 24.8 Å². The summed E-state index contributed by atoms with van der Waals surface area (Å²) < 4.78 is 33.3. The summed E-state index contributed by atoms with van der Waals surface area (Å²) in [6.07, 6.45) is 4.78. The van der Waals surface area contributed by atoms with Crippen LogP contribution in [0, 0.1) is 12.7 Å². The number of aliphatic hydroxyl groups is 1. The third-order valence-electron chi connectivity index (χ3n) is 4.85. The van der Waals surface area contributed by atoms with Crippen molar-refractivity contribution in [1.82, 2.24) is 0 Å². The number of esters is 3. The first-order valence-corrected chi connectivity index (χ1v) is 11.5. The fourth-order valence-electron chi connectivity index (χ4n) is 3.09. The summed E-state index contributed by atoms with van der Waals surface area (Å²) in [5.74, 6) is -3.99. The second-order valence-electron chi connectivity index (χ2n) is 7.47. The molecule has 0 saturated heterocycles. The first-order chi connectivity index (χ1) is 16.2. The number of aryl methyl sites for hydroxylation is 1. The minimum Gasteiger partial charge on any atom is -0.464 e. The van der Waals surface area contributed by atoms with E-state index in [1.807, 2.05) is 12.2 Å². The summed E-state index contributed by atoms with van der Waals surface area (Å²) in [5.41, 5.74) is -1.48. The Labute approximate surface area is 200 Å². The molecule has 0 heterocycles. The molecule has 34 heavy (non-hydrogen) atoms. The van der Waals surface area contributed by atoms with Crippen molar-refractivity contribution >= 4 is 24.0 Å². The van der Waals surface area contributed by atoms with Gasteiger partial charge in [-0.3, -0.25) is 0 Å². The average molecular weight is 483 g/mol. The summed E-state index contributed by atoms with van der Waals surface area (Å²) in [5, 5.41) is 10.9. The molecule has 1 aromatic rings. The number of halogens is 1. The molecule has 1 rings (SSSR count). The van der Waals surface area contributed by atoms with Crippen LogP contribution in [0.15, 0.2) is 24.3 Å². The molecule has 0 bridgehead atoms. The van der Waals surface area contributed by atoms with E-state index < -0.39 is 29.6 Å². The zero-order chi connectivity index (χ0) is 25.6. The molecule has 0 amide bonds. The maximum atomic E-state index is 13.3. The second kappa shape index (κ2) is 15.2. The molecule has 0 aliphatic heterocycles. The first-order valence-electron chi connectivity index (χ1n) is 11.5. The molecule has 8 nitrogen and oxygen atoms in total. The summed E-state index contributed by atoms with van der Waals surface area (Å²) in [6, 6.07) is 4.90. The van der Waals surface area contributed by atoms with Gasteiger partial charge in [0.25, 0.3) is 5.60 Å². The number of benzene rings is 1. The number of unbranched alkanes of at least 4 members (excludes halogenated alkanes) is 3. The van der Waals surface area contributed by atoms with Gasteiger partial charge in [0, 0.05) is 6.61 Å². The predicted molar refractivity (Wildman–Crippen MR) is 123 cm³/mol. The van der Waals surface area contributed by atoms with Gasteiger partial charge in [0.2, 0.25) is 6.10 Å². The molecule has 1 N–H and O–H groups in total. The minimum atomic E-state index is -2.98. The number of ether oxygens (including phenoxy) is 4. The van der Waals surface area contributed by atoms with Crippen molar-refractivity contribution in [2.24, 2.45) is 0 Å². The fraction of sp³-hybridized carbons (Fsp3) is 0.560. The quantitative estimate of drug-likeness (QED) is 0.175. The number of rotatable bonds is 15. The molecule has 1 atom stereocenters. The largest absolute Gasteiger partial charge is 0.464 e. The van der Waals surface area contributed by atoms with E-state index >= 15 is 0 Å². The van der Waals surface area contributed by atoms with Gasteiger partial charge in [0.1, 0.15) is 5.82 Å². The Morgan fingerprint density at radius 2 is 1.62 bits per heavy atom. The topological polar surface area (TPSA) is 108 Å². The van der Waals surface area contributed by atoms with E-state index in [1.54, 1.807) is 26.0 Å². The van der Waals surface area contributed by atoms with Gasteiger partial charge >= 0.3 is 17.9 Å². The van der Waals surface area contributed by atoms with Crippen molar-refractivity contribution in [1.29, 1.82) is 0 Å². The van der Waals surface area contributed by atoms with E-state index in [0.29, 0.717) is 12.0 Å². The second-order valence-corrected chi connectivity index (χ2v) is 7.47. The molecule has 0 aromatic heterocycles. The fourth-order valence-corrected chi connectivity index (χ4v) is 3.09. The summed E-state index contributed by atoms with van der Waals surface area (Å²) in [6.45, 7) is 5.95. The molecule has 190 valence electrons. The zero-order valence-corrected chi connectivity index (χ0v) is 20.3. The number of carbonyl (C=O) groups is 3. The van der Waals surface area contributed by atoms with Crippen LogP contribution in [0.3, 0.4) is 0 Å². The molecule has 0 spiro atoms. The van der Waals surface area contributed by atoms with Gasteiger partial charge in [-0.1, -0.05) is 24.6 Å². The van der Waals surface area contributed by atoms with Crippen molar-refractivity contribution in [2.45, 2.75) is 65.1 Å². The lowest BCUT2D eigenvalue weighted by Gasteiger charge is -2.30. The Balaban J connectivity index is 2.68. The average Bonchev–Trinajstić information content (AvgIpc) is 2.80. The number of hydrogen-bond donors (Lipinski definition) is 1. The number of hydrogen-bond acceptors (Lipinski definition) is 8. The molecular weight excluding hydrogens is 447 g/mol. The van der Waals surface area contributed by atoms with E-state index in [4.69, 9.17) is 18.9 Å². The van der Waals surface area contributed by atoms with Gasteiger partial charge in [0.05, 0.1) is 19.8 Å². The Hall–Kier alpha value is -2.78. The third kappa shape index (κ3) is 8.53. The Morgan fingerprint density at radius 3 is 2.18 bits per heavy atom. The predicted octanol–water partition coefficient (Wildman–Crippen LogP) is 3.51. The Morgan fingerprint density at radius 1 is 1.00 bits per heavy atom. The van der Waals surface area contributed by atoms with Crippen molar-refractivity contribution < 1.29 is 42.8 Å². The normalized spacial score (nSPS) is 12.4. The van der Waals surface area contributed by atoms with E-state index in [2.05, 4.69) is 0 Å².